The Kier molecular flexibility index (Phi) is 3.34. The van der Waals surface area contributed by atoms with Crippen molar-refractivity contribution < 1.29 is 9.22 Å². The monoisotopic (exact) mass is 158 g/mol. The molecule has 1 heterocycles. The van der Waals surface area contributed by atoms with Gasteiger partial charge in [-0.1, -0.05) is 13.3 Å². The van der Waals surface area contributed by atoms with E-state index in [4.69, 9.17) is 4.74 Å². The van der Waals surface area contributed by atoms with Crippen molar-refractivity contribution in [3.63, 3.8) is 0 Å². The number of morpholine rings is 1. The van der Waals surface area contributed by atoms with Gasteiger partial charge in [-0.2, -0.15) is 0 Å². The van der Waals surface area contributed by atoms with Crippen molar-refractivity contribution >= 4 is 0 Å². The van der Waals surface area contributed by atoms with Crippen molar-refractivity contribution in [3.8, 4) is 0 Å². The number of hydrogen-bond donors (Lipinski definition) is 0. The highest BCUT2D eigenvalue weighted by atomic mass is 16.5. The van der Waals surface area contributed by atoms with Gasteiger partial charge in [-0.15, -0.1) is 0 Å². The van der Waals surface area contributed by atoms with E-state index in [9.17, 15) is 0 Å². The number of likely N-dealkylation sites (N-methyl/N-ethyl adjacent to an activating group) is 1. The van der Waals surface area contributed by atoms with Gasteiger partial charge in [0, 0.05) is 0 Å². The third-order valence-electron chi connectivity index (χ3n) is 2.60. The van der Waals surface area contributed by atoms with Crippen LogP contribution in [0.4, 0.5) is 0 Å². The molecule has 0 spiro atoms. The first kappa shape index (κ1) is 9.01. The Morgan fingerprint density at radius 2 is 1.91 bits per heavy atom. The predicted octanol–water partition coefficient (Wildman–Crippen LogP) is 1.26. The summed E-state index contributed by atoms with van der Waals surface area (Å²) in [6.45, 7) is 7.92. The van der Waals surface area contributed by atoms with Gasteiger partial charge in [-0.05, 0) is 6.42 Å². The van der Waals surface area contributed by atoms with E-state index in [-0.39, 0.29) is 0 Å². The van der Waals surface area contributed by atoms with Gasteiger partial charge < -0.3 is 9.22 Å². The van der Waals surface area contributed by atoms with E-state index in [0.717, 1.165) is 13.2 Å². The zero-order valence-electron chi connectivity index (χ0n) is 7.81. The van der Waals surface area contributed by atoms with Crippen LogP contribution in [0.1, 0.15) is 19.8 Å². The van der Waals surface area contributed by atoms with Crippen LogP contribution in [0.25, 0.3) is 0 Å². The number of nitrogens with zero attached hydrogens (tertiary/aromatic N) is 1. The van der Waals surface area contributed by atoms with Crippen LogP contribution in [0.5, 0.6) is 0 Å². The molecule has 0 saturated carbocycles. The SMILES string of the molecule is CCCC[N+]1(C)CCOCC1. The molecule has 0 unspecified atom stereocenters. The largest absolute Gasteiger partial charge is 0.370 e. The Morgan fingerprint density at radius 1 is 1.27 bits per heavy atom. The van der Waals surface area contributed by atoms with Crippen LogP contribution in [-0.2, 0) is 4.74 Å². The first-order valence-electron chi connectivity index (χ1n) is 4.68. The second-order valence-electron chi connectivity index (χ2n) is 3.76. The minimum atomic E-state index is 0.959. The molecule has 11 heavy (non-hydrogen) atoms. The molecule has 0 radical (unpaired) electrons. The zero-order chi connectivity index (χ0) is 8.16. The van der Waals surface area contributed by atoms with Crippen molar-refractivity contribution in [1.82, 2.24) is 0 Å². The molecule has 1 fully saturated rings. The molecule has 0 aromatic heterocycles. The van der Waals surface area contributed by atoms with Gasteiger partial charge >= 0.3 is 0 Å². The second-order valence-corrected chi connectivity index (χ2v) is 3.76. The average molecular weight is 158 g/mol. The van der Waals surface area contributed by atoms with Crippen molar-refractivity contribution in [3.05, 3.63) is 0 Å². The van der Waals surface area contributed by atoms with E-state index in [2.05, 4.69) is 14.0 Å². The van der Waals surface area contributed by atoms with Gasteiger partial charge in [0.1, 0.15) is 13.1 Å². The lowest BCUT2D eigenvalue weighted by Gasteiger charge is -2.37. The lowest BCUT2D eigenvalue weighted by molar-refractivity contribution is -0.917. The Labute approximate surface area is 69.7 Å². The van der Waals surface area contributed by atoms with E-state index in [1.54, 1.807) is 0 Å². The topological polar surface area (TPSA) is 9.23 Å². The molecule has 0 aromatic carbocycles. The maximum Gasteiger partial charge on any atom is 0.102 e. The molecule has 66 valence electrons. The number of ether oxygens (including phenoxy) is 1. The molecule has 2 heteroatoms. The molecule has 0 aliphatic carbocycles. The number of hydrogen-bond acceptors (Lipinski definition) is 1. The summed E-state index contributed by atoms with van der Waals surface area (Å²) >= 11 is 0. The average Bonchev–Trinajstić information content (AvgIpc) is 2.03. The minimum absolute atomic E-state index is 0.959. The van der Waals surface area contributed by atoms with Crippen LogP contribution >= 0.6 is 0 Å². The highest BCUT2D eigenvalue weighted by Crippen LogP contribution is 2.08. The highest BCUT2D eigenvalue weighted by Gasteiger charge is 2.23. The van der Waals surface area contributed by atoms with Crippen LogP contribution in [0.15, 0.2) is 0 Å². The first-order chi connectivity index (χ1) is 5.27. The van der Waals surface area contributed by atoms with Gasteiger partial charge in [0.05, 0.1) is 26.8 Å². The van der Waals surface area contributed by atoms with Crippen molar-refractivity contribution in [1.29, 1.82) is 0 Å². The fourth-order valence-electron chi connectivity index (χ4n) is 1.55. The van der Waals surface area contributed by atoms with Crippen LogP contribution in [0.2, 0.25) is 0 Å². The Bertz CT molecular complexity index is 108. The molecule has 1 aliphatic rings. The quantitative estimate of drug-likeness (QED) is 0.562. The van der Waals surface area contributed by atoms with Gasteiger partial charge in [-0.3, -0.25) is 0 Å². The van der Waals surface area contributed by atoms with E-state index in [1.807, 2.05) is 0 Å². The Balaban J connectivity index is 2.25. The molecule has 0 bridgehead atoms. The molecule has 0 amide bonds. The Morgan fingerprint density at radius 3 is 2.45 bits per heavy atom. The van der Waals surface area contributed by atoms with E-state index >= 15 is 0 Å². The molecule has 1 rings (SSSR count). The molecule has 1 aliphatic heterocycles. The first-order valence-corrected chi connectivity index (χ1v) is 4.68. The third-order valence-corrected chi connectivity index (χ3v) is 2.60. The summed E-state index contributed by atoms with van der Waals surface area (Å²) in [5.74, 6) is 0. The summed E-state index contributed by atoms with van der Waals surface area (Å²) in [5.41, 5.74) is 0. The number of quaternary nitrogens is 1. The van der Waals surface area contributed by atoms with Crippen LogP contribution in [-0.4, -0.2) is 44.4 Å². The van der Waals surface area contributed by atoms with Crippen LogP contribution in [0, 0.1) is 0 Å². The molecule has 2 nitrogen and oxygen atoms in total. The van der Waals surface area contributed by atoms with Crippen molar-refractivity contribution in [2.24, 2.45) is 0 Å². The number of rotatable bonds is 3. The van der Waals surface area contributed by atoms with E-state index in [1.165, 1.54) is 37.0 Å². The summed E-state index contributed by atoms with van der Waals surface area (Å²) in [6.07, 6.45) is 2.67. The fourth-order valence-corrected chi connectivity index (χ4v) is 1.55. The van der Waals surface area contributed by atoms with Crippen molar-refractivity contribution in [2.75, 3.05) is 39.9 Å². The molecule has 1 saturated heterocycles. The van der Waals surface area contributed by atoms with Crippen molar-refractivity contribution in [2.45, 2.75) is 19.8 Å². The third kappa shape index (κ3) is 2.80. The maximum atomic E-state index is 5.33. The summed E-state index contributed by atoms with van der Waals surface area (Å²) in [4.78, 5) is 0. The highest BCUT2D eigenvalue weighted by molar-refractivity contribution is 4.46. The maximum absolute atomic E-state index is 5.33. The molecule has 0 atom stereocenters. The second kappa shape index (κ2) is 4.07. The van der Waals surface area contributed by atoms with Gasteiger partial charge in [0.2, 0.25) is 0 Å². The smallest absolute Gasteiger partial charge is 0.102 e. The molecular weight excluding hydrogens is 138 g/mol. The van der Waals surface area contributed by atoms with Gasteiger partial charge in [-0.25, -0.2) is 0 Å². The normalized spacial score (nSPS) is 23.5. The van der Waals surface area contributed by atoms with Crippen LogP contribution in [0.3, 0.4) is 0 Å². The standard InChI is InChI=1S/C9H20NO/c1-3-4-5-10(2)6-8-11-9-7-10/h3-9H2,1-2H3/q+1. The van der Waals surface area contributed by atoms with Gasteiger partial charge in [0.15, 0.2) is 0 Å². The fraction of sp³-hybridized carbons (Fsp3) is 1.00. The van der Waals surface area contributed by atoms with Crippen LogP contribution < -0.4 is 0 Å². The van der Waals surface area contributed by atoms with E-state index in [0.29, 0.717) is 0 Å². The molecule has 0 N–H and O–H groups in total. The molecular formula is C9H20NO+. The molecule has 0 aromatic rings. The van der Waals surface area contributed by atoms with Gasteiger partial charge in [0.25, 0.3) is 0 Å². The Hall–Kier alpha value is -0.0800. The summed E-state index contributed by atoms with van der Waals surface area (Å²) in [5, 5.41) is 0. The minimum Gasteiger partial charge on any atom is -0.370 e. The number of unbranched alkanes of at least 4 members (excludes halogenated alkanes) is 1. The lowest BCUT2D eigenvalue weighted by Crippen LogP contribution is -2.52. The summed E-state index contributed by atoms with van der Waals surface area (Å²) < 4.78 is 6.56. The predicted molar refractivity (Wildman–Crippen MR) is 46.5 cm³/mol. The lowest BCUT2D eigenvalue weighted by atomic mass is 10.2. The summed E-state index contributed by atoms with van der Waals surface area (Å²) in [7, 11) is 2.35. The zero-order valence-corrected chi connectivity index (χ0v) is 7.81. The summed E-state index contributed by atoms with van der Waals surface area (Å²) in [6, 6.07) is 0. The van der Waals surface area contributed by atoms with E-state index < -0.39 is 0 Å².